The minimum absolute atomic E-state index is 0.177. The van der Waals surface area contributed by atoms with E-state index in [-0.39, 0.29) is 18.2 Å². The molecule has 220 valence electrons. The van der Waals surface area contributed by atoms with E-state index in [0.29, 0.717) is 46.4 Å². The lowest BCUT2D eigenvalue weighted by Gasteiger charge is -2.12. The summed E-state index contributed by atoms with van der Waals surface area (Å²) in [4.78, 5) is 8.82. The van der Waals surface area contributed by atoms with Crippen molar-refractivity contribution in [2.45, 2.75) is 25.9 Å². The summed E-state index contributed by atoms with van der Waals surface area (Å²) in [5.41, 5.74) is 3.04. The second-order valence-corrected chi connectivity index (χ2v) is 12.2. The molecule has 0 spiro atoms. The average molecular weight is 612 g/mol. The predicted molar refractivity (Wildman–Crippen MR) is 163 cm³/mol. The Kier molecular flexibility index (Phi) is 10.5. The van der Waals surface area contributed by atoms with Crippen LogP contribution in [0.4, 0.5) is 15.9 Å². The quantitative estimate of drug-likeness (QED) is 0.154. The third-order valence-electron chi connectivity index (χ3n) is 6.25. The molecule has 0 saturated carbocycles. The summed E-state index contributed by atoms with van der Waals surface area (Å²) in [7, 11) is -1.96. The van der Waals surface area contributed by atoms with Crippen LogP contribution >= 0.6 is 11.6 Å². The van der Waals surface area contributed by atoms with Gasteiger partial charge in [0.15, 0.2) is 0 Å². The number of nitrogens with zero attached hydrogens (tertiary/aromatic N) is 2. The van der Waals surface area contributed by atoms with E-state index in [1.165, 1.54) is 24.7 Å². The van der Waals surface area contributed by atoms with Crippen molar-refractivity contribution < 1.29 is 27.1 Å². The second kappa shape index (κ2) is 14.3. The van der Waals surface area contributed by atoms with Crippen molar-refractivity contribution in [2.24, 2.45) is 0 Å². The van der Waals surface area contributed by atoms with Crippen LogP contribution in [0.1, 0.15) is 24.2 Å². The highest BCUT2D eigenvalue weighted by Crippen LogP contribution is 2.33. The van der Waals surface area contributed by atoms with E-state index < -0.39 is 9.84 Å². The van der Waals surface area contributed by atoms with Crippen molar-refractivity contribution in [3.05, 3.63) is 101 Å². The van der Waals surface area contributed by atoms with Crippen LogP contribution in [0.2, 0.25) is 5.02 Å². The van der Waals surface area contributed by atoms with Crippen LogP contribution in [-0.2, 0) is 22.9 Å². The number of aryl methyl sites for hydroxylation is 1. The first-order valence-corrected chi connectivity index (χ1v) is 15.6. The first kappa shape index (κ1) is 31.0. The number of nitrogens with one attached hydrogen (secondary N) is 1. The Morgan fingerprint density at radius 3 is 2.60 bits per heavy atom. The third kappa shape index (κ3) is 8.51. The van der Waals surface area contributed by atoms with Crippen molar-refractivity contribution >= 4 is 43.8 Å². The molecule has 11 heteroatoms. The van der Waals surface area contributed by atoms with Crippen molar-refractivity contribution in [3.63, 3.8) is 0 Å². The molecule has 2 aromatic heterocycles. The topological polar surface area (TPSA) is 115 Å². The zero-order valence-electron chi connectivity index (χ0n) is 23.2. The van der Waals surface area contributed by atoms with Gasteiger partial charge in [-0.3, -0.25) is 0 Å². The van der Waals surface area contributed by atoms with Crippen LogP contribution in [-0.4, -0.2) is 42.6 Å². The van der Waals surface area contributed by atoms with Crippen molar-refractivity contribution in [1.82, 2.24) is 9.97 Å². The molecule has 42 heavy (non-hydrogen) atoms. The summed E-state index contributed by atoms with van der Waals surface area (Å²) in [6, 6.07) is 21.2. The molecular formula is C31H31ClFN3O5S. The van der Waals surface area contributed by atoms with Crippen LogP contribution in [0.15, 0.2) is 83.5 Å². The molecule has 0 aliphatic rings. The molecule has 0 aliphatic heterocycles. The number of hydrogen-bond donors (Lipinski definition) is 2. The molecule has 2 heterocycles. The Labute approximate surface area is 249 Å². The van der Waals surface area contributed by atoms with E-state index in [4.69, 9.17) is 25.9 Å². The lowest BCUT2D eigenvalue weighted by molar-refractivity contribution is 0.306. The molecule has 5 rings (SSSR count). The SMILES string of the molecule is CO.CS(=O)(=O)CCCCc1ccc(-c2ccc3ncnc(Nc4ccc(OCc5cccc(F)c5)c(Cl)c4)c3c2)o1. The molecule has 0 radical (unpaired) electrons. The Balaban J connectivity index is 0.00000198. The van der Waals surface area contributed by atoms with Gasteiger partial charge in [-0.25, -0.2) is 22.8 Å². The zero-order chi connectivity index (χ0) is 30.1. The van der Waals surface area contributed by atoms with Crippen LogP contribution in [0, 0.1) is 5.82 Å². The summed E-state index contributed by atoms with van der Waals surface area (Å²) in [5.74, 6) is 2.46. The van der Waals surface area contributed by atoms with Crippen LogP contribution in [0.5, 0.6) is 5.75 Å². The van der Waals surface area contributed by atoms with E-state index in [1.807, 2.05) is 36.4 Å². The maximum absolute atomic E-state index is 13.4. The van der Waals surface area contributed by atoms with Gasteiger partial charge < -0.3 is 19.6 Å². The highest BCUT2D eigenvalue weighted by molar-refractivity contribution is 7.90. The summed E-state index contributed by atoms with van der Waals surface area (Å²) in [5, 5.41) is 11.5. The van der Waals surface area contributed by atoms with Crippen molar-refractivity contribution in [1.29, 1.82) is 0 Å². The highest BCUT2D eigenvalue weighted by Gasteiger charge is 2.12. The lowest BCUT2D eigenvalue weighted by atomic mass is 10.1. The second-order valence-electron chi connectivity index (χ2n) is 9.50. The number of hydrogen-bond acceptors (Lipinski definition) is 8. The molecule has 0 atom stereocenters. The maximum atomic E-state index is 13.4. The molecule has 0 saturated heterocycles. The largest absolute Gasteiger partial charge is 0.487 e. The molecule has 0 fully saturated rings. The Morgan fingerprint density at radius 1 is 1.00 bits per heavy atom. The number of anilines is 2. The number of aliphatic hydroxyl groups excluding tert-OH is 1. The highest BCUT2D eigenvalue weighted by atomic mass is 35.5. The van der Waals surface area contributed by atoms with Crippen LogP contribution < -0.4 is 10.1 Å². The minimum Gasteiger partial charge on any atom is -0.487 e. The van der Waals surface area contributed by atoms with Gasteiger partial charge in [-0.05, 0) is 79.1 Å². The average Bonchev–Trinajstić information content (AvgIpc) is 3.45. The van der Waals surface area contributed by atoms with Crippen LogP contribution in [0.25, 0.3) is 22.2 Å². The van der Waals surface area contributed by atoms with E-state index >= 15 is 0 Å². The van der Waals surface area contributed by atoms with Gasteiger partial charge in [-0.15, -0.1) is 0 Å². The van der Waals surface area contributed by atoms with Gasteiger partial charge in [-0.1, -0.05) is 23.7 Å². The van der Waals surface area contributed by atoms with Gasteiger partial charge in [0.2, 0.25) is 0 Å². The van der Waals surface area contributed by atoms with E-state index in [1.54, 1.807) is 24.3 Å². The molecule has 3 aromatic carbocycles. The monoisotopic (exact) mass is 611 g/mol. The van der Waals surface area contributed by atoms with Gasteiger partial charge in [0, 0.05) is 42.2 Å². The zero-order valence-corrected chi connectivity index (χ0v) is 24.8. The molecule has 5 aromatic rings. The fourth-order valence-corrected chi connectivity index (χ4v) is 5.22. The smallest absolute Gasteiger partial charge is 0.147 e. The van der Waals surface area contributed by atoms with Gasteiger partial charge >= 0.3 is 0 Å². The van der Waals surface area contributed by atoms with Gasteiger partial charge in [0.1, 0.15) is 51.7 Å². The number of fused-ring (bicyclic) bond motifs is 1. The number of aromatic nitrogens is 2. The van der Waals surface area contributed by atoms with E-state index in [2.05, 4.69) is 15.3 Å². The first-order valence-electron chi connectivity index (χ1n) is 13.1. The number of benzene rings is 3. The summed E-state index contributed by atoms with van der Waals surface area (Å²) in [6.07, 6.45) is 4.74. The normalized spacial score (nSPS) is 11.2. The maximum Gasteiger partial charge on any atom is 0.147 e. The molecule has 8 nitrogen and oxygen atoms in total. The summed E-state index contributed by atoms with van der Waals surface area (Å²) >= 11 is 6.47. The Morgan fingerprint density at radius 2 is 1.83 bits per heavy atom. The van der Waals surface area contributed by atoms with Crippen LogP contribution in [0.3, 0.4) is 0 Å². The van der Waals surface area contributed by atoms with Gasteiger partial charge in [0.05, 0.1) is 10.5 Å². The summed E-state index contributed by atoms with van der Waals surface area (Å²) < 4.78 is 47.9. The number of furan rings is 1. The number of rotatable bonds is 11. The number of aliphatic hydroxyl groups is 1. The molecule has 2 N–H and O–H groups in total. The number of halogens is 2. The molecule has 0 unspecified atom stereocenters. The molecular weight excluding hydrogens is 581 g/mol. The Hall–Kier alpha value is -3.99. The minimum atomic E-state index is -2.96. The van der Waals surface area contributed by atoms with Gasteiger partial charge in [0.25, 0.3) is 0 Å². The fraction of sp³-hybridized carbons (Fsp3) is 0.226. The lowest BCUT2D eigenvalue weighted by Crippen LogP contribution is -2.02. The van der Waals surface area contributed by atoms with Gasteiger partial charge in [-0.2, -0.15) is 0 Å². The number of sulfone groups is 1. The fourth-order valence-electron chi connectivity index (χ4n) is 4.26. The number of ether oxygens (including phenoxy) is 1. The molecule has 0 amide bonds. The van der Waals surface area contributed by atoms with Crippen molar-refractivity contribution in [3.8, 4) is 17.1 Å². The Bertz CT molecular complexity index is 1760. The predicted octanol–water partition coefficient (Wildman–Crippen LogP) is 6.98. The standard InChI is InChI=1S/C30H27ClFN3O4S.CH4O/c1-40(36,37)14-3-2-7-24-10-13-28(39-24)21-8-11-27-25(16-21)30(34-19-33-27)35-23-9-12-29(26(31)17-23)38-18-20-5-4-6-22(32)15-20;1-2/h4-6,8-13,15-17,19H,2-3,7,14,18H2,1H3,(H,33,34,35);2H,1H3. The van der Waals surface area contributed by atoms with E-state index in [9.17, 15) is 12.8 Å². The number of unbranched alkanes of at least 4 members (excludes halogenated alkanes) is 1. The third-order valence-corrected chi connectivity index (χ3v) is 7.57. The molecule has 0 aliphatic carbocycles. The van der Waals surface area contributed by atoms with E-state index in [0.717, 1.165) is 35.8 Å². The summed E-state index contributed by atoms with van der Waals surface area (Å²) in [6.45, 7) is 0.193. The molecule has 0 bridgehead atoms. The first-order chi connectivity index (χ1) is 20.2. The van der Waals surface area contributed by atoms with Crippen molar-refractivity contribution in [2.75, 3.05) is 24.4 Å².